The number of aromatic nitrogens is 2. The number of rotatable bonds is 5. The van der Waals surface area contributed by atoms with Crippen molar-refractivity contribution in [1.29, 1.82) is 0 Å². The van der Waals surface area contributed by atoms with E-state index in [0.717, 1.165) is 26.2 Å². The maximum Gasteiger partial charge on any atom is 0.140 e. The first-order chi connectivity index (χ1) is 12.8. The van der Waals surface area contributed by atoms with E-state index in [4.69, 9.17) is 11.6 Å². The molecule has 26 heavy (non-hydrogen) atoms. The fourth-order valence-corrected chi connectivity index (χ4v) is 4.37. The van der Waals surface area contributed by atoms with Crippen molar-refractivity contribution < 1.29 is 5.11 Å². The molecule has 0 saturated carbocycles. The van der Waals surface area contributed by atoms with E-state index in [1.807, 2.05) is 60.7 Å². The van der Waals surface area contributed by atoms with Crippen LogP contribution in [0.25, 0.3) is 20.7 Å². The van der Waals surface area contributed by atoms with Crippen LogP contribution in [0.1, 0.15) is 11.6 Å². The average molecular weight is 382 g/mol. The molecule has 0 fully saturated rings. The average Bonchev–Trinajstić information content (AvgIpc) is 3.05. The van der Waals surface area contributed by atoms with Gasteiger partial charge in [-0.3, -0.25) is 0 Å². The summed E-state index contributed by atoms with van der Waals surface area (Å²) in [7, 11) is 0. The van der Waals surface area contributed by atoms with Gasteiger partial charge >= 0.3 is 0 Å². The van der Waals surface area contributed by atoms with Crippen LogP contribution in [0.3, 0.4) is 0 Å². The van der Waals surface area contributed by atoms with E-state index in [-0.39, 0.29) is 12.6 Å². The first-order valence-corrected chi connectivity index (χ1v) is 9.38. The van der Waals surface area contributed by atoms with E-state index in [1.165, 1.54) is 17.7 Å². The lowest BCUT2D eigenvalue weighted by molar-refractivity contribution is 0.276. The minimum absolute atomic E-state index is 0.0528. The molecule has 0 amide bonds. The monoisotopic (exact) mass is 381 g/mol. The molecule has 1 atom stereocenters. The molecule has 2 N–H and O–H groups in total. The predicted molar refractivity (Wildman–Crippen MR) is 108 cm³/mol. The molecule has 6 heteroatoms. The Morgan fingerprint density at radius 3 is 2.38 bits per heavy atom. The molecule has 2 aromatic carbocycles. The second-order valence-corrected chi connectivity index (χ2v) is 7.18. The summed E-state index contributed by atoms with van der Waals surface area (Å²) in [5.41, 5.74) is 2.03. The lowest BCUT2D eigenvalue weighted by Crippen LogP contribution is -2.15. The molecule has 130 valence electrons. The lowest BCUT2D eigenvalue weighted by atomic mass is 10.1. The van der Waals surface area contributed by atoms with Crippen LogP contribution in [0.4, 0.5) is 5.82 Å². The molecule has 0 radical (unpaired) electrons. The largest absolute Gasteiger partial charge is 0.394 e. The van der Waals surface area contributed by atoms with Crippen molar-refractivity contribution in [3.05, 3.63) is 77.6 Å². The summed E-state index contributed by atoms with van der Waals surface area (Å²) in [6.07, 6.45) is 1.52. The minimum Gasteiger partial charge on any atom is -0.394 e. The van der Waals surface area contributed by atoms with E-state index >= 15 is 0 Å². The van der Waals surface area contributed by atoms with Crippen molar-refractivity contribution >= 4 is 39.0 Å². The van der Waals surface area contributed by atoms with E-state index in [0.29, 0.717) is 10.8 Å². The van der Waals surface area contributed by atoms with Gasteiger partial charge in [-0.15, -0.1) is 11.3 Å². The Kier molecular flexibility index (Phi) is 4.84. The molecular weight excluding hydrogens is 366 g/mol. The number of nitrogens with one attached hydrogen (secondary N) is 1. The van der Waals surface area contributed by atoms with Gasteiger partial charge in [0, 0.05) is 0 Å². The van der Waals surface area contributed by atoms with Gasteiger partial charge in [-0.25, -0.2) is 9.97 Å². The highest BCUT2D eigenvalue weighted by atomic mass is 35.5. The smallest absolute Gasteiger partial charge is 0.140 e. The number of hydrogen-bond donors (Lipinski definition) is 2. The fraction of sp³-hybridized carbons (Fsp3) is 0.100. The summed E-state index contributed by atoms with van der Waals surface area (Å²) in [5.74, 6) is 0.626. The molecule has 4 nitrogen and oxygen atoms in total. The third-order valence-corrected chi connectivity index (χ3v) is 5.80. The summed E-state index contributed by atoms with van der Waals surface area (Å²) < 4.78 is 0. The summed E-state index contributed by atoms with van der Waals surface area (Å²) in [5, 5.41) is 14.6. The van der Waals surface area contributed by atoms with E-state index in [2.05, 4.69) is 15.3 Å². The van der Waals surface area contributed by atoms with E-state index in [1.54, 1.807) is 0 Å². The van der Waals surface area contributed by atoms with Crippen molar-refractivity contribution in [1.82, 2.24) is 9.97 Å². The molecular formula is C20H16ClN3OS. The Morgan fingerprint density at radius 1 is 1.00 bits per heavy atom. The molecule has 0 aliphatic heterocycles. The topological polar surface area (TPSA) is 58.0 Å². The first-order valence-electron chi connectivity index (χ1n) is 8.18. The third-order valence-electron chi connectivity index (χ3n) is 4.16. The Hall–Kier alpha value is -2.47. The first kappa shape index (κ1) is 17.0. The molecule has 0 saturated heterocycles. The number of hydrogen-bond acceptors (Lipinski definition) is 5. The summed E-state index contributed by atoms with van der Waals surface area (Å²) >= 11 is 8.23. The number of anilines is 1. The molecule has 0 aliphatic rings. The van der Waals surface area contributed by atoms with Crippen LogP contribution < -0.4 is 5.32 Å². The molecule has 0 bridgehead atoms. The number of thiophene rings is 1. The highest BCUT2D eigenvalue weighted by Crippen LogP contribution is 2.43. The molecule has 4 aromatic rings. The quantitative estimate of drug-likeness (QED) is 0.501. The van der Waals surface area contributed by atoms with Gasteiger partial charge in [-0.1, -0.05) is 72.3 Å². The summed E-state index contributed by atoms with van der Waals surface area (Å²) in [4.78, 5) is 10.5. The molecule has 1 unspecified atom stereocenters. The Labute approximate surface area is 160 Å². The van der Waals surface area contributed by atoms with Crippen molar-refractivity contribution in [3.8, 4) is 10.4 Å². The van der Waals surface area contributed by atoms with Crippen molar-refractivity contribution in [3.63, 3.8) is 0 Å². The van der Waals surface area contributed by atoms with Gasteiger partial charge in [0.2, 0.25) is 0 Å². The van der Waals surface area contributed by atoms with Crippen LogP contribution >= 0.6 is 22.9 Å². The highest BCUT2D eigenvalue weighted by Gasteiger charge is 2.19. The van der Waals surface area contributed by atoms with E-state index in [9.17, 15) is 5.11 Å². The predicted octanol–water partition coefficient (Wildman–Crippen LogP) is 5.16. The summed E-state index contributed by atoms with van der Waals surface area (Å²) in [6, 6.07) is 19.5. The number of aliphatic hydroxyl groups is 1. The zero-order valence-electron chi connectivity index (χ0n) is 13.8. The van der Waals surface area contributed by atoms with Crippen LogP contribution in [0, 0.1) is 0 Å². The van der Waals surface area contributed by atoms with Crippen molar-refractivity contribution in [2.24, 2.45) is 0 Å². The fourth-order valence-electron chi connectivity index (χ4n) is 2.87. The van der Waals surface area contributed by atoms with Gasteiger partial charge in [0.05, 0.1) is 27.9 Å². The number of aliphatic hydroxyl groups excluding tert-OH is 1. The van der Waals surface area contributed by atoms with Crippen molar-refractivity contribution in [2.45, 2.75) is 6.04 Å². The second kappa shape index (κ2) is 7.41. The molecule has 2 aromatic heterocycles. The number of fused-ring (bicyclic) bond motifs is 1. The highest BCUT2D eigenvalue weighted by molar-refractivity contribution is 7.22. The molecule has 0 spiro atoms. The number of nitrogens with zero attached hydrogens (tertiary/aromatic N) is 2. The SMILES string of the molecule is OCC(Nc1ncnc2sc(-c3ccccc3)c(Cl)c12)c1ccccc1. The lowest BCUT2D eigenvalue weighted by Gasteiger charge is -2.17. The Morgan fingerprint density at radius 2 is 1.69 bits per heavy atom. The standard InChI is InChI=1S/C20H16ClN3OS/c21-17-16-19(24-15(11-25)13-7-3-1-4-8-13)22-12-23-20(16)26-18(17)14-9-5-2-6-10-14/h1-10,12,15,25H,11H2,(H,22,23,24). The van der Waals surface area contributed by atoms with Crippen LogP contribution in [0.5, 0.6) is 0 Å². The maximum atomic E-state index is 9.83. The van der Waals surface area contributed by atoms with E-state index < -0.39 is 0 Å². The van der Waals surface area contributed by atoms with Gasteiger partial charge in [0.15, 0.2) is 0 Å². The molecule has 4 rings (SSSR count). The maximum absolute atomic E-state index is 9.83. The normalized spacial score (nSPS) is 12.2. The van der Waals surface area contributed by atoms with Gasteiger partial charge in [-0.2, -0.15) is 0 Å². The van der Waals surface area contributed by atoms with Gasteiger partial charge in [0.1, 0.15) is 17.0 Å². The summed E-state index contributed by atoms with van der Waals surface area (Å²) in [6.45, 7) is -0.0528. The molecule has 2 heterocycles. The second-order valence-electron chi connectivity index (χ2n) is 5.80. The van der Waals surface area contributed by atoms with Crippen LogP contribution in [-0.4, -0.2) is 21.7 Å². The van der Waals surface area contributed by atoms with Gasteiger partial charge < -0.3 is 10.4 Å². The zero-order valence-corrected chi connectivity index (χ0v) is 15.3. The molecule has 0 aliphatic carbocycles. The van der Waals surface area contributed by atoms with Gasteiger partial charge in [-0.05, 0) is 11.1 Å². The number of halogens is 1. The van der Waals surface area contributed by atoms with Crippen LogP contribution in [0.15, 0.2) is 67.0 Å². The van der Waals surface area contributed by atoms with Crippen LogP contribution in [0.2, 0.25) is 5.02 Å². The Bertz CT molecular complexity index is 1020. The third kappa shape index (κ3) is 3.17. The number of benzene rings is 2. The van der Waals surface area contributed by atoms with Gasteiger partial charge in [0.25, 0.3) is 0 Å². The minimum atomic E-state index is -0.273. The van der Waals surface area contributed by atoms with Crippen LogP contribution in [-0.2, 0) is 0 Å². The zero-order chi connectivity index (χ0) is 17.9. The Balaban J connectivity index is 1.77. The van der Waals surface area contributed by atoms with Crippen molar-refractivity contribution in [2.75, 3.05) is 11.9 Å².